The van der Waals surface area contributed by atoms with Crippen molar-refractivity contribution in [3.63, 3.8) is 0 Å². The molecule has 1 aromatic rings. The van der Waals surface area contributed by atoms with Gasteiger partial charge in [-0.3, -0.25) is 0 Å². The topological polar surface area (TPSA) is 58.7 Å². The van der Waals surface area contributed by atoms with Gasteiger partial charge in [0.25, 0.3) is 0 Å². The maximum absolute atomic E-state index is 13.5. The van der Waals surface area contributed by atoms with Gasteiger partial charge in [0, 0.05) is 18.7 Å². The molecule has 1 fully saturated rings. The fourth-order valence-electron chi connectivity index (χ4n) is 2.50. The van der Waals surface area contributed by atoms with Crippen molar-refractivity contribution < 1.29 is 23.0 Å². The first-order valence-corrected chi connectivity index (χ1v) is 6.44. The molecule has 1 saturated heterocycles. The Morgan fingerprint density at radius 3 is 2.80 bits per heavy atom. The highest BCUT2D eigenvalue weighted by atomic mass is 19.3. The maximum Gasteiger partial charge on any atom is 0.387 e. The summed E-state index contributed by atoms with van der Waals surface area (Å²) in [5, 5.41) is 9.38. The summed E-state index contributed by atoms with van der Waals surface area (Å²) < 4.78 is 42.2. The summed E-state index contributed by atoms with van der Waals surface area (Å²) in [6, 6.07) is 2.00. The summed E-state index contributed by atoms with van der Waals surface area (Å²) in [7, 11) is 0. The normalized spacial score (nSPS) is 19.4. The number of alkyl halides is 2. The monoisotopic (exact) mass is 290 g/mol. The summed E-state index contributed by atoms with van der Waals surface area (Å²) in [5.74, 6) is -1.46. The van der Waals surface area contributed by atoms with Gasteiger partial charge in [-0.05, 0) is 19.3 Å². The number of nitrogens with two attached hydrogens (primary N) is 1. The van der Waals surface area contributed by atoms with E-state index >= 15 is 0 Å². The van der Waals surface area contributed by atoms with Gasteiger partial charge in [0.05, 0.1) is 24.0 Å². The molecule has 0 bridgehead atoms. The Balaban J connectivity index is 2.34. The van der Waals surface area contributed by atoms with Gasteiger partial charge in [-0.25, -0.2) is 4.39 Å². The van der Waals surface area contributed by atoms with Crippen molar-refractivity contribution in [1.29, 1.82) is 0 Å². The third kappa shape index (κ3) is 3.09. The van der Waals surface area contributed by atoms with E-state index in [0.717, 1.165) is 25.3 Å². The number of nitrogen functional groups attached to an aromatic ring is 1. The third-order valence-electron chi connectivity index (χ3n) is 3.44. The number of hydrogen-bond acceptors (Lipinski definition) is 4. The fourth-order valence-corrected chi connectivity index (χ4v) is 2.50. The van der Waals surface area contributed by atoms with Gasteiger partial charge < -0.3 is 20.5 Å². The van der Waals surface area contributed by atoms with Crippen LogP contribution < -0.4 is 15.4 Å². The Labute approximate surface area is 114 Å². The number of ether oxygens (including phenoxy) is 1. The molecule has 1 unspecified atom stereocenters. The summed E-state index contributed by atoms with van der Waals surface area (Å²) in [5.41, 5.74) is 6.32. The Kier molecular flexibility index (Phi) is 4.59. The van der Waals surface area contributed by atoms with Crippen LogP contribution in [0.3, 0.4) is 0 Å². The van der Waals surface area contributed by atoms with Crippen LogP contribution in [0.25, 0.3) is 0 Å². The van der Waals surface area contributed by atoms with Gasteiger partial charge in [-0.15, -0.1) is 0 Å². The molecule has 2 rings (SSSR count). The molecule has 4 nitrogen and oxygen atoms in total. The smallest absolute Gasteiger partial charge is 0.387 e. The van der Waals surface area contributed by atoms with Gasteiger partial charge in [0.15, 0.2) is 11.6 Å². The lowest BCUT2D eigenvalue weighted by Crippen LogP contribution is -2.42. The van der Waals surface area contributed by atoms with Crippen molar-refractivity contribution in [3.8, 4) is 5.75 Å². The van der Waals surface area contributed by atoms with E-state index in [4.69, 9.17) is 5.73 Å². The average molecular weight is 290 g/mol. The van der Waals surface area contributed by atoms with Crippen LogP contribution in [0.15, 0.2) is 12.1 Å². The van der Waals surface area contributed by atoms with Crippen molar-refractivity contribution in [1.82, 2.24) is 0 Å². The minimum absolute atomic E-state index is 0.0676. The van der Waals surface area contributed by atoms with Gasteiger partial charge in [-0.2, -0.15) is 8.78 Å². The number of anilines is 2. The number of benzene rings is 1. The van der Waals surface area contributed by atoms with Gasteiger partial charge in [0.1, 0.15) is 0 Å². The molecule has 1 atom stereocenters. The molecule has 112 valence electrons. The van der Waals surface area contributed by atoms with Gasteiger partial charge in [0.2, 0.25) is 0 Å². The standard InChI is InChI=1S/C13H17F3N2O2/c14-9-5-10(17)11(6-12(9)20-13(15)16)18-4-2-1-3-8(18)7-19/h5-6,8,13,19H,1-4,7,17H2. The quantitative estimate of drug-likeness (QED) is 0.836. The molecular weight excluding hydrogens is 273 g/mol. The van der Waals surface area contributed by atoms with E-state index in [1.54, 1.807) is 0 Å². The summed E-state index contributed by atoms with van der Waals surface area (Å²) >= 11 is 0. The van der Waals surface area contributed by atoms with E-state index in [1.807, 2.05) is 4.90 Å². The minimum atomic E-state index is -3.10. The van der Waals surface area contributed by atoms with Gasteiger partial charge >= 0.3 is 6.61 Å². The van der Waals surface area contributed by atoms with Crippen molar-refractivity contribution in [3.05, 3.63) is 17.9 Å². The molecule has 0 amide bonds. The number of piperidine rings is 1. The molecule has 0 aliphatic carbocycles. The van der Waals surface area contributed by atoms with E-state index in [-0.39, 0.29) is 18.3 Å². The van der Waals surface area contributed by atoms with E-state index in [0.29, 0.717) is 12.2 Å². The van der Waals surface area contributed by atoms with Crippen molar-refractivity contribution in [2.45, 2.75) is 31.9 Å². The molecular formula is C13H17F3N2O2. The van der Waals surface area contributed by atoms with Crippen molar-refractivity contribution >= 4 is 11.4 Å². The summed E-state index contributed by atoms with van der Waals surface area (Å²) in [4.78, 5) is 1.82. The fraction of sp³-hybridized carbons (Fsp3) is 0.538. The van der Waals surface area contributed by atoms with Crippen LogP contribution in [-0.2, 0) is 0 Å². The maximum atomic E-state index is 13.5. The number of halogens is 3. The van der Waals surface area contributed by atoms with Crippen LogP contribution in [0, 0.1) is 5.82 Å². The predicted molar refractivity (Wildman–Crippen MR) is 69.5 cm³/mol. The molecule has 20 heavy (non-hydrogen) atoms. The zero-order valence-corrected chi connectivity index (χ0v) is 10.9. The largest absolute Gasteiger partial charge is 0.432 e. The molecule has 0 aromatic heterocycles. The SMILES string of the molecule is Nc1cc(F)c(OC(F)F)cc1N1CCCCC1CO. The number of nitrogens with zero attached hydrogens (tertiary/aromatic N) is 1. The Hall–Kier alpha value is -1.63. The highest BCUT2D eigenvalue weighted by molar-refractivity contribution is 5.70. The highest BCUT2D eigenvalue weighted by Gasteiger charge is 2.25. The van der Waals surface area contributed by atoms with E-state index in [9.17, 15) is 18.3 Å². The number of aliphatic hydroxyl groups excluding tert-OH is 1. The average Bonchev–Trinajstić information content (AvgIpc) is 2.41. The van der Waals surface area contributed by atoms with E-state index < -0.39 is 18.2 Å². The second-order valence-electron chi connectivity index (χ2n) is 4.75. The minimum Gasteiger partial charge on any atom is -0.432 e. The number of rotatable bonds is 4. The molecule has 7 heteroatoms. The predicted octanol–water partition coefficient (Wildman–Crippen LogP) is 2.36. The van der Waals surface area contributed by atoms with Crippen LogP contribution in [0.2, 0.25) is 0 Å². The third-order valence-corrected chi connectivity index (χ3v) is 3.44. The molecule has 0 saturated carbocycles. The highest BCUT2D eigenvalue weighted by Crippen LogP contribution is 2.35. The summed E-state index contributed by atoms with van der Waals surface area (Å²) in [6.07, 6.45) is 2.65. The van der Waals surface area contributed by atoms with Crippen LogP contribution >= 0.6 is 0 Å². The second-order valence-corrected chi connectivity index (χ2v) is 4.75. The zero-order valence-electron chi connectivity index (χ0n) is 10.9. The van der Waals surface area contributed by atoms with Gasteiger partial charge in [-0.1, -0.05) is 0 Å². The van der Waals surface area contributed by atoms with Crippen molar-refractivity contribution in [2.75, 3.05) is 23.8 Å². The first-order valence-electron chi connectivity index (χ1n) is 6.44. The first kappa shape index (κ1) is 14.8. The number of aliphatic hydroxyl groups is 1. The molecule has 1 aliphatic rings. The van der Waals surface area contributed by atoms with Crippen LogP contribution in [0.5, 0.6) is 5.75 Å². The lowest BCUT2D eigenvalue weighted by molar-refractivity contribution is -0.0521. The molecule has 3 N–H and O–H groups in total. The molecule has 1 heterocycles. The molecule has 0 radical (unpaired) electrons. The van der Waals surface area contributed by atoms with Crippen LogP contribution in [0.1, 0.15) is 19.3 Å². The zero-order chi connectivity index (χ0) is 14.7. The Bertz CT molecular complexity index is 471. The Morgan fingerprint density at radius 1 is 1.40 bits per heavy atom. The second kappa shape index (κ2) is 6.21. The molecule has 1 aliphatic heterocycles. The van der Waals surface area contributed by atoms with E-state index in [1.165, 1.54) is 6.07 Å². The van der Waals surface area contributed by atoms with Crippen molar-refractivity contribution in [2.24, 2.45) is 0 Å². The molecule has 0 spiro atoms. The van der Waals surface area contributed by atoms with E-state index in [2.05, 4.69) is 4.74 Å². The Morgan fingerprint density at radius 2 is 2.15 bits per heavy atom. The summed E-state index contributed by atoms with van der Waals surface area (Å²) in [6.45, 7) is -2.53. The van der Waals surface area contributed by atoms with Crippen LogP contribution in [0.4, 0.5) is 24.5 Å². The lowest BCUT2D eigenvalue weighted by atomic mass is 10.0. The van der Waals surface area contributed by atoms with Crippen LogP contribution in [-0.4, -0.2) is 30.9 Å². The first-order chi connectivity index (χ1) is 9.52. The lowest BCUT2D eigenvalue weighted by Gasteiger charge is -2.37. The number of hydrogen-bond donors (Lipinski definition) is 2. The molecule has 1 aromatic carbocycles.